The first-order valence-electron chi connectivity index (χ1n) is 7.72. The highest BCUT2D eigenvalue weighted by atomic mass is 16.2. The zero-order valence-electron chi connectivity index (χ0n) is 13.2. The van der Waals surface area contributed by atoms with Crippen molar-refractivity contribution in [3.8, 4) is 0 Å². The first-order valence-corrected chi connectivity index (χ1v) is 7.72. The van der Waals surface area contributed by atoms with Gasteiger partial charge in [0.25, 0.3) is 0 Å². The average Bonchev–Trinajstić information content (AvgIpc) is 2.88. The van der Waals surface area contributed by atoms with E-state index in [0.717, 1.165) is 30.8 Å². The van der Waals surface area contributed by atoms with Crippen molar-refractivity contribution in [3.63, 3.8) is 0 Å². The van der Waals surface area contributed by atoms with Crippen molar-refractivity contribution >= 4 is 11.9 Å². The van der Waals surface area contributed by atoms with E-state index in [2.05, 4.69) is 26.4 Å². The number of fused-ring (bicyclic) bond motifs is 1. The van der Waals surface area contributed by atoms with Crippen LogP contribution in [0.1, 0.15) is 55.6 Å². The van der Waals surface area contributed by atoms with Gasteiger partial charge in [0.05, 0.1) is 11.6 Å². The van der Waals surface area contributed by atoms with Gasteiger partial charge < -0.3 is 0 Å². The molecule has 1 N–H and O–H groups in total. The molecule has 0 saturated carbocycles. The van der Waals surface area contributed by atoms with Gasteiger partial charge in [0, 0.05) is 19.2 Å². The van der Waals surface area contributed by atoms with Crippen molar-refractivity contribution in [3.05, 3.63) is 35.4 Å². The Morgan fingerprint density at radius 3 is 3.00 bits per heavy atom. The van der Waals surface area contributed by atoms with Gasteiger partial charge in [-0.1, -0.05) is 19.9 Å². The van der Waals surface area contributed by atoms with E-state index >= 15 is 0 Å². The molecule has 6 nitrogen and oxygen atoms in total. The third kappa shape index (κ3) is 2.73. The number of nitrogens with zero attached hydrogens (tertiary/aromatic N) is 4. The summed E-state index contributed by atoms with van der Waals surface area (Å²) in [6.45, 7) is 4.06. The maximum absolute atomic E-state index is 12.6. The first-order chi connectivity index (χ1) is 10.6. The second-order valence-electron chi connectivity index (χ2n) is 6.05. The summed E-state index contributed by atoms with van der Waals surface area (Å²) >= 11 is 0. The van der Waals surface area contributed by atoms with Crippen molar-refractivity contribution in [2.75, 3.05) is 5.32 Å². The molecule has 0 bridgehead atoms. The largest absolute Gasteiger partial charge is 0.294 e. The predicted molar refractivity (Wildman–Crippen MR) is 83.6 cm³/mol. The lowest BCUT2D eigenvalue weighted by atomic mass is 9.86. The summed E-state index contributed by atoms with van der Waals surface area (Å²) in [7, 11) is 1.79. The molecule has 0 fully saturated rings. The standard InChI is InChI=1S/C16H21N5O/c1-10(2)14-18-16(21(3)20-14)19-15(22)12-8-4-6-11-7-5-9-17-13(11)12/h5,7,9-10,12H,4,6,8H2,1-3H3,(H,18,19,20,22)/t12-/m1/s1. The Balaban J connectivity index is 1.81. The van der Waals surface area contributed by atoms with Crippen LogP contribution in [0.15, 0.2) is 18.3 Å². The minimum absolute atomic E-state index is 0.0505. The molecule has 116 valence electrons. The van der Waals surface area contributed by atoms with Crippen LogP contribution in [0.3, 0.4) is 0 Å². The summed E-state index contributed by atoms with van der Waals surface area (Å²) in [6.07, 6.45) is 4.58. The van der Waals surface area contributed by atoms with Gasteiger partial charge in [0.1, 0.15) is 0 Å². The summed E-state index contributed by atoms with van der Waals surface area (Å²) in [6, 6.07) is 3.98. The fraction of sp³-hybridized carbons (Fsp3) is 0.500. The normalized spacial score (nSPS) is 17.4. The molecule has 1 amide bonds. The molecular formula is C16H21N5O. The molecule has 1 atom stereocenters. The first kappa shape index (κ1) is 14.7. The number of amides is 1. The Hall–Kier alpha value is -2.24. The van der Waals surface area contributed by atoms with Crippen molar-refractivity contribution < 1.29 is 4.79 Å². The average molecular weight is 299 g/mol. The number of hydrogen-bond acceptors (Lipinski definition) is 4. The number of pyridine rings is 1. The number of carbonyl (C=O) groups excluding carboxylic acids is 1. The van der Waals surface area contributed by atoms with Gasteiger partial charge in [-0.25, -0.2) is 4.68 Å². The monoisotopic (exact) mass is 299 g/mol. The summed E-state index contributed by atoms with van der Waals surface area (Å²) in [5.74, 6) is 1.21. The molecule has 3 rings (SSSR count). The van der Waals surface area contributed by atoms with Crippen LogP contribution < -0.4 is 5.32 Å². The summed E-state index contributed by atoms with van der Waals surface area (Å²) in [5.41, 5.74) is 2.08. The second-order valence-corrected chi connectivity index (χ2v) is 6.05. The molecule has 2 heterocycles. The Kier molecular flexibility index (Phi) is 3.92. The number of nitrogens with one attached hydrogen (secondary N) is 1. The summed E-state index contributed by atoms with van der Waals surface area (Å²) < 4.78 is 1.62. The molecule has 0 aliphatic heterocycles. The van der Waals surface area contributed by atoms with Crippen LogP contribution in [-0.2, 0) is 18.3 Å². The van der Waals surface area contributed by atoms with E-state index in [0.29, 0.717) is 5.95 Å². The zero-order valence-corrected chi connectivity index (χ0v) is 13.2. The number of hydrogen-bond donors (Lipinski definition) is 1. The Morgan fingerprint density at radius 2 is 2.27 bits per heavy atom. The lowest BCUT2D eigenvalue weighted by molar-refractivity contribution is -0.118. The number of aryl methyl sites for hydroxylation is 2. The van der Waals surface area contributed by atoms with Gasteiger partial charge in [0.2, 0.25) is 11.9 Å². The Labute approximate surface area is 130 Å². The van der Waals surface area contributed by atoms with Gasteiger partial charge in [0.15, 0.2) is 5.82 Å². The maximum atomic E-state index is 12.6. The third-order valence-corrected chi connectivity index (χ3v) is 4.04. The van der Waals surface area contributed by atoms with Crippen molar-refractivity contribution in [2.24, 2.45) is 7.05 Å². The highest BCUT2D eigenvalue weighted by molar-refractivity contribution is 5.94. The van der Waals surface area contributed by atoms with Crippen molar-refractivity contribution in [1.29, 1.82) is 0 Å². The molecule has 0 radical (unpaired) electrons. The lowest BCUT2D eigenvalue weighted by Crippen LogP contribution is -2.26. The van der Waals surface area contributed by atoms with Gasteiger partial charge >= 0.3 is 0 Å². The van der Waals surface area contributed by atoms with Crippen LogP contribution in [0.5, 0.6) is 0 Å². The van der Waals surface area contributed by atoms with E-state index in [4.69, 9.17) is 0 Å². The molecule has 0 spiro atoms. The molecule has 22 heavy (non-hydrogen) atoms. The molecule has 1 aliphatic rings. The molecule has 0 unspecified atom stereocenters. The molecule has 1 aliphatic carbocycles. The minimum Gasteiger partial charge on any atom is -0.294 e. The van der Waals surface area contributed by atoms with Crippen molar-refractivity contribution in [1.82, 2.24) is 19.7 Å². The van der Waals surface area contributed by atoms with E-state index in [9.17, 15) is 4.79 Å². The van der Waals surface area contributed by atoms with Gasteiger partial charge in [-0.15, -0.1) is 0 Å². The summed E-state index contributed by atoms with van der Waals surface area (Å²) in [5, 5.41) is 7.23. The maximum Gasteiger partial charge on any atom is 0.235 e. The van der Waals surface area contributed by atoms with Crippen LogP contribution in [0.25, 0.3) is 0 Å². The summed E-state index contributed by atoms with van der Waals surface area (Å²) in [4.78, 5) is 21.4. The fourth-order valence-electron chi connectivity index (χ4n) is 2.82. The van der Waals surface area contributed by atoms with Crippen LogP contribution >= 0.6 is 0 Å². The highest BCUT2D eigenvalue weighted by Crippen LogP contribution is 2.30. The fourth-order valence-corrected chi connectivity index (χ4v) is 2.82. The smallest absolute Gasteiger partial charge is 0.235 e. The predicted octanol–water partition coefficient (Wildman–Crippen LogP) is 2.39. The Bertz CT molecular complexity index is 692. The quantitative estimate of drug-likeness (QED) is 0.944. The third-order valence-electron chi connectivity index (χ3n) is 4.04. The number of carbonyl (C=O) groups is 1. The van der Waals surface area contributed by atoms with Gasteiger partial charge in [-0.05, 0) is 30.9 Å². The van der Waals surface area contributed by atoms with E-state index in [1.54, 1.807) is 17.9 Å². The zero-order chi connectivity index (χ0) is 15.7. The SMILES string of the molecule is CC(C)c1nc(NC(=O)[C@@H]2CCCc3cccnc32)n(C)n1. The van der Waals surface area contributed by atoms with E-state index in [-0.39, 0.29) is 17.7 Å². The minimum atomic E-state index is -0.204. The highest BCUT2D eigenvalue weighted by Gasteiger charge is 2.28. The number of aromatic nitrogens is 4. The van der Waals surface area contributed by atoms with Crippen molar-refractivity contribution in [2.45, 2.75) is 44.9 Å². The molecule has 0 saturated heterocycles. The van der Waals surface area contributed by atoms with Crippen LogP contribution in [0.4, 0.5) is 5.95 Å². The molecule has 2 aromatic rings. The Morgan fingerprint density at radius 1 is 1.45 bits per heavy atom. The number of anilines is 1. The van der Waals surface area contributed by atoms with Crippen LogP contribution in [-0.4, -0.2) is 25.7 Å². The number of rotatable bonds is 3. The lowest BCUT2D eigenvalue weighted by Gasteiger charge is -2.23. The van der Waals surface area contributed by atoms with Gasteiger partial charge in [-0.2, -0.15) is 10.1 Å². The topological polar surface area (TPSA) is 72.7 Å². The molecule has 0 aromatic carbocycles. The van der Waals surface area contributed by atoms with E-state index in [1.807, 2.05) is 19.9 Å². The molecule has 2 aromatic heterocycles. The molecular weight excluding hydrogens is 278 g/mol. The van der Waals surface area contributed by atoms with Gasteiger partial charge in [-0.3, -0.25) is 15.1 Å². The van der Waals surface area contributed by atoms with Crippen LogP contribution in [0.2, 0.25) is 0 Å². The van der Waals surface area contributed by atoms with E-state index in [1.165, 1.54) is 5.56 Å². The van der Waals surface area contributed by atoms with Crippen LogP contribution in [0, 0.1) is 0 Å². The van der Waals surface area contributed by atoms with E-state index < -0.39 is 0 Å². The molecule has 6 heteroatoms. The second kappa shape index (κ2) is 5.87.